The van der Waals surface area contributed by atoms with E-state index in [4.69, 9.17) is 11.5 Å². The lowest BCUT2D eigenvalue weighted by Gasteiger charge is -2.18. The van der Waals surface area contributed by atoms with Crippen LogP contribution in [0.3, 0.4) is 0 Å². The molecule has 0 bridgehead atoms. The van der Waals surface area contributed by atoms with Crippen LogP contribution in [0.4, 0.5) is 4.79 Å². The zero-order valence-electron chi connectivity index (χ0n) is 10.3. The Morgan fingerprint density at radius 2 is 2.42 bits per heavy atom. The van der Waals surface area contributed by atoms with E-state index in [0.29, 0.717) is 11.5 Å². The molecule has 1 amide bonds. The molecule has 0 aliphatic carbocycles. The predicted molar refractivity (Wildman–Crippen MR) is 70.1 cm³/mol. The molecule has 0 unspecified atom stereocenters. The van der Waals surface area contributed by atoms with Gasteiger partial charge < -0.3 is 5.11 Å². The van der Waals surface area contributed by atoms with Gasteiger partial charge in [0.05, 0.1) is 11.9 Å². The van der Waals surface area contributed by atoms with E-state index >= 15 is 0 Å². The predicted octanol–water partition coefficient (Wildman–Crippen LogP) is 1.50. The van der Waals surface area contributed by atoms with Gasteiger partial charge in [0.1, 0.15) is 12.4 Å². The Balaban J connectivity index is 2.41. The molecule has 0 aliphatic rings. The summed E-state index contributed by atoms with van der Waals surface area (Å²) in [4.78, 5) is 19.5. The normalized spacial score (nSPS) is 9.89. The molecule has 0 aliphatic heterocycles. The van der Waals surface area contributed by atoms with Crippen molar-refractivity contribution in [3.05, 3.63) is 36.5 Å². The molecule has 2 aromatic rings. The van der Waals surface area contributed by atoms with Crippen molar-refractivity contribution in [1.29, 1.82) is 0 Å². The van der Waals surface area contributed by atoms with E-state index in [0.717, 1.165) is 10.6 Å². The number of imidazole rings is 1. The highest BCUT2D eigenvalue weighted by Gasteiger charge is 2.16. The SMILES string of the molecule is C#CCN(C(=O)O)n1cc(-c2cccnc2)nc1C. The van der Waals surface area contributed by atoms with Crippen LogP contribution in [0.25, 0.3) is 11.3 Å². The molecule has 19 heavy (non-hydrogen) atoms. The third-order valence-electron chi connectivity index (χ3n) is 2.54. The number of nitrogens with zero attached hydrogens (tertiary/aromatic N) is 4. The van der Waals surface area contributed by atoms with Crippen molar-refractivity contribution in [2.45, 2.75) is 6.92 Å². The number of carbonyl (C=O) groups is 1. The average Bonchev–Trinajstić information content (AvgIpc) is 2.78. The van der Waals surface area contributed by atoms with Gasteiger partial charge >= 0.3 is 6.09 Å². The molecular weight excluding hydrogens is 244 g/mol. The summed E-state index contributed by atoms with van der Waals surface area (Å²) < 4.78 is 1.42. The minimum absolute atomic E-state index is 0.0426. The fourth-order valence-electron chi connectivity index (χ4n) is 1.68. The van der Waals surface area contributed by atoms with E-state index in [1.165, 1.54) is 4.68 Å². The Kier molecular flexibility index (Phi) is 3.48. The number of aromatic nitrogens is 3. The molecule has 0 aromatic carbocycles. The molecule has 0 spiro atoms. The summed E-state index contributed by atoms with van der Waals surface area (Å²) in [6.45, 7) is 1.67. The number of pyridine rings is 1. The molecule has 0 saturated heterocycles. The van der Waals surface area contributed by atoms with E-state index < -0.39 is 6.09 Å². The number of amides is 1. The third kappa shape index (κ3) is 2.55. The first-order valence-electron chi connectivity index (χ1n) is 5.54. The quantitative estimate of drug-likeness (QED) is 0.845. The molecule has 96 valence electrons. The summed E-state index contributed by atoms with van der Waals surface area (Å²) >= 11 is 0. The van der Waals surface area contributed by atoms with E-state index in [9.17, 15) is 4.79 Å². The second-order valence-corrected chi connectivity index (χ2v) is 3.80. The van der Waals surface area contributed by atoms with E-state index in [1.54, 1.807) is 31.6 Å². The van der Waals surface area contributed by atoms with Crippen molar-refractivity contribution in [1.82, 2.24) is 14.6 Å². The van der Waals surface area contributed by atoms with Gasteiger partial charge in [0, 0.05) is 18.0 Å². The summed E-state index contributed by atoms with van der Waals surface area (Å²) in [5.74, 6) is 2.85. The fraction of sp³-hybridized carbons (Fsp3) is 0.154. The zero-order valence-corrected chi connectivity index (χ0v) is 10.3. The smallest absolute Gasteiger partial charge is 0.427 e. The Labute approximate surface area is 110 Å². The van der Waals surface area contributed by atoms with Gasteiger partial charge in [-0.25, -0.2) is 19.5 Å². The van der Waals surface area contributed by atoms with Gasteiger partial charge in [-0.1, -0.05) is 5.92 Å². The highest BCUT2D eigenvalue weighted by molar-refractivity contribution is 5.77. The lowest BCUT2D eigenvalue weighted by Crippen LogP contribution is -2.39. The molecule has 0 fully saturated rings. The Hall–Kier alpha value is -2.81. The van der Waals surface area contributed by atoms with Crippen molar-refractivity contribution < 1.29 is 9.90 Å². The van der Waals surface area contributed by atoms with Crippen LogP contribution in [-0.2, 0) is 0 Å². The Morgan fingerprint density at radius 3 is 3.00 bits per heavy atom. The number of hydrogen-bond donors (Lipinski definition) is 1. The molecule has 0 saturated carbocycles. The molecule has 2 aromatic heterocycles. The third-order valence-corrected chi connectivity index (χ3v) is 2.54. The largest absolute Gasteiger partial charge is 0.464 e. The Bertz CT molecular complexity index is 628. The molecule has 0 radical (unpaired) electrons. The summed E-state index contributed by atoms with van der Waals surface area (Å²) in [6.07, 6.45) is 9.00. The minimum Gasteiger partial charge on any atom is -0.464 e. The molecular formula is C13H12N4O2. The first-order chi connectivity index (χ1) is 9.13. The van der Waals surface area contributed by atoms with Crippen LogP contribution >= 0.6 is 0 Å². The van der Waals surface area contributed by atoms with Crippen molar-refractivity contribution >= 4 is 6.09 Å². The summed E-state index contributed by atoms with van der Waals surface area (Å²) in [6, 6.07) is 3.64. The maximum atomic E-state index is 11.2. The van der Waals surface area contributed by atoms with Gasteiger partial charge in [-0.2, -0.15) is 0 Å². The highest BCUT2D eigenvalue weighted by atomic mass is 16.4. The zero-order chi connectivity index (χ0) is 13.8. The number of terminal acetylenes is 1. The molecule has 6 nitrogen and oxygen atoms in total. The Morgan fingerprint density at radius 1 is 1.63 bits per heavy atom. The lowest BCUT2D eigenvalue weighted by atomic mass is 10.2. The molecule has 2 heterocycles. The average molecular weight is 256 g/mol. The molecule has 6 heteroatoms. The van der Waals surface area contributed by atoms with Gasteiger partial charge in [0.15, 0.2) is 0 Å². The fourth-order valence-corrected chi connectivity index (χ4v) is 1.68. The van der Waals surface area contributed by atoms with Gasteiger partial charge in [-0.3, -0.25) is 4.98 Å². The van der Waals surface area contributed by atoms with Crippen LogP contribution in [0, 0.1) is 19.3 Å². The highest BCUT2D eigenvalue weighted by Crippen LogP contribution is 2.17. The maximum absolute atomic E-state index is 11.2. The van der Waals surface area contributed by atoms with Crippen molar-refractivity contribution in [2.75, 3.05) is 11.6 Å². The number of aryl methyl sites for hydroxylation is 1. The van der Waals surface area contributed by atoms with Gasteiger partial charge in [-0.05, 0) is 19.1 Å². The number of carboxylic acid groups (broad SMARTS) is 1. The van der Waals surface area contributed by atoms with E-state index in [-0.39, 0.29) is 6.54 Å². The summed E-state index contributed by atoms with van der Waals surface area (Å²) in [5, 5.41) is 10.1. The van der Waals surface area contributed by atoms with Crippen molar-refractivity contribution in [3.63, 3.8) is 0 Å². The van der Waals surface area contributed by atoms with Crippen molar-refractivity contribution in [3.8, 4) is 23.6 Å². The monoisotopic (exact) mass is 256 g/mol. The lowest BCUT2D eigenvalue weighted by molar-refractivity contribution is 0.195. The van der Waals surface area contributed by atoms with Crippen LogP contribution < -0.4 is 5.01 Å². The van der Waals surface area contributed by atoms with Crippen molar-refractivity contribution in [2.24, 2.45) is 0 Å². The van der Waals surface area contributed by atoms with Gasteiger partial charge in [0.25, 0.3) is 0 Å². The number of rotatable bonds is 3. The second-order valence-electron chi connectivity index (χ2n) is 3.80. The molecule has 2 rings (SSSR count). The maximum Gasteiger partial charge on any atom is 0.427 e. The van der Waals surface area contributed by atoms with Crippen LogP contribution in [-0.4, -0.2) is 32.4 Å². The van der Waals surface area contributed by atoms with Gasteiger partial charge in [-0.15, -0.1) is 6.42 Å². The van der Waals surface area contributed by atoms with Crippen LogP contribution in [0.15, 0.2) is 30.7 Å². The summed E-state index contributed by atoms with van der Waals surface area (Å²) in [5.41, 5.74) is 1.46. The summed E-state index contributed by atoms with van der Waals surface area (Å²) in [7, 11) is 0. The topological polar surface area (TPSA) is 71.2 Å². The van der Waals surface area contributed by atoms with E-state index in [1.807, 2.05) is 6.07 Å². The van der Waals surface area contributed by atoms with Gasteiger partial charge in [0.2, 0.25) is 0 Å². The van der Waals surface area contributed by atoms with Crippen LogP contribution in [0.2, 0.25) is 0 Å². The second kappa shape index (κ2) is 5.23. The minimum atomic E-state index is -1.13. The first kappa shape index (κ1) is 12.6. The standard InChI is InChI=1S/C13H12N4O2/c1-3-7-16(13(18)19)17-9-12(15-10(17)2)11-5-4-6-14-8-11/h1,4-6,8-9H,7H2,2H3,(H,18,19). The number of hydrogen-bond acceptors (Lipinski definition) is 3. The molecule has 0 atom stereocenters. The first-order valence-corrected chi connectivity index (χ1v) is 5.54. The van der Waals surface area contributed by atoms with Crippen LogP contribution in [0.1, 0.15) is 5.82 Å². The van der Waals surface area contributed by atoms with E-state index in [2.05, 4.69) is 15.9 Å². The van der Waals surface area contributed by atoms with Crippen LogP contribution in [0.5, 0.6) is 0 Å². The molecule has 1 N–H and O–H groups in total.